The molecule has 0 aliphatic rings. The van der Waals surface area contributed by atoms with Gasteiger partial charge in [0.25, 0.3) is 0 Å². The van der Waals surface area contributed by atoms with Crippen molar-refractivity contribution in [2.75, 3.05) is 14.1 Å². The number of nitrogens with one attached hydrogen (secondary N) is 1. The van der Waals surface area contributed by atoms with E-state index in [1.807, 2.05) is 0 Å². The molecule has 2 aromatic carbocycles. The van der Waals surface area contributed by atoms with Crippen molar-refractivity contribution in [3.05, 3.63) is 68.3 Å². The Labute approximate surface area is 200 Å². The number of halogens is 2. The summed E-state index contributed by atoms with van der Waals surface area (Å²) in [5.41, 5.74) is 6.08. The molecule has 3 N–H and O–H groups in total. The van der Waals surface area contributed by atoms with Crippen molar-refractivity contribution in [2.24, 2.45) is 5.73 Å². The Morgan fingerprint density at radius 3 is 2.59 bits per heavy atom. The molecule has 1 unspecified atom stereocenters. The number of fused-ring (bicyclic) bond motifs is 1. The average Bonchev–Trinajstić information content (AvgIpc) is 2.72. The summed E-state index contributed by atoms with van der Waals surface area (Å²) in [5, 5.41) is 0.626. The molecular formula is C22H23ClFN3O6S. The van der Waals surface area contributed by atoms with Gasteiger partial charge in [-0.3, -0.25) is 0 Å². The van der Waals surface area contributed by atoms with Crippen molar-refractivity contribution < 1.29 is 26.8 Å². The minimum absolute atomic E-state index is 0.0261. The van der Waals surface area contributed by atoms with Crippen LogP contribution in [0.15, 0.2) is 44.4 Å². The molecular weight excluding hydrogens is 489 g/mol. The first-order valence-corrected chi connectivity index (χ1v) is 11.9. The van der Waals surface area contributed by atoms with Gasteiger partial charge >= 0.3 is 11.7 Å². The lowest BCUT2D eigenvalue weighted by atomic mass is 9.99. The topological polar surface area (TPSA) is 132 Å². The molecule has 3 aromatic rings. The van der Waals surface area contributed by atoms with Gasteiger partial charge in [0.05, 0.1) is 11.2 Å². The second-order valence-electron chi connectivity index (χ2n) is 7.89. The van der Waals surface area contributed by atoms with E-state index in [-0.39, 0.29) is 28.3 Å². The van der Waals surface area contributed by atoms with E-state index in [9.17, 15) is 22.4 Å². The average molecular weight is 512 g/mol. The maximum atomic E-state index is 14.3. The minimum Gasteiger partial charge on any atom is -0.422 e. The molecule has 0 aliphatic heterocycles. The number of carbonyl (C=O) groups is 1. The highest BCUT2D eigenvalue weighted by Gasteiger charge is 2.22. The van der Waals surface area contributed by atoms with Crippen LogP contribution < -0.4 is 20.8 Å². The number of ether oxygens (including phenoxy) is 1. The molecule has 0 bridgehead atoms. The van der Waals surface area contributed by atoms with E-state index in [0.717, 1.165) is 12.1 Å². The molecule has 1 aromatic heterocycles. The van der Waals surface area contributed by atoms with Crippen LogP contribution in [0.1, 0.15) is 23.6 Å². The van der Waals surface area contributed by atoms with Gasteiger partial charge in [-0.05, 0) is 43.2 Å². The molecule has 12 heteroatoms. The zero-order chi connectivity index (χ0) is 25.4. The summed E-state index contributed by atoms with van der Waals surface area (Å²) in [5.74, 6) is -0.927. The first-order valence-electron chi connectivity index (χ1n) is 10.0. The molecule has 9 nitrogen and oxygen atoms in total. The highest BCUT2D eigenvalue weighted by atomic mass is 35.5. The van der Waals surface area contributed by atoms with Crippen LogP contribution in [-0.2, 0) is 16.4 Å². The molecule has 0 saturated heterocycles. The third-order valence-electron chi connectivity index (χ3n) is 4.91. The molecule has 0 aliphatic carbocycles. The number of hydrogen-bond donors (Lipinski definition) is 2. The standard InChI is InChI=1S/C22H23ClFN3O6S/c1-11-14-9-16(23)19(33-22(29)27(3)4)10-18(14)32-21(28)15(11)7-13-5-6-17(24)20(8-13)34(30,31)26-12(2)25/h5-6,8-10,12,26H,7,25H2,1-4H3. The Morgan fingerprint density at radius 2 is 1.97 bits per heavy atom. The van der Waals surface area contributed by atoms with E-state index < -0.39 is 38.6 Å². The van der Waals surface area contributed by atoms with E-state index in [1.54, 1.807) is 6.92 Å². The van der Waals surface area contributed by atoms with Gasteiger partial charge in [0, 0.05) is 37.5 Å². The third-order valence-corrected chi connectivity index (χ3v) is 6.78. The van der Waals surface area contributed by atoms with Crippen LogP contribution in [0.2, 0.25) is 5.02 Å². The van der Waals surface area contributed by atoms with Crippen LogP contribution in [0.5, 0.6) is 5.75 Å². The quantitative estimate of drug-likeness (QED) is 0.384. The van der Waals surface area contributed by atoms with E-state index in [0.29, 0.717) is 16.5 Å². The number of benzene rings is 2. The summed E-state index contributed by atoms with van der Waals surface area (Å²) in [6.45, 7) is 3.08. The normalized spacial score (nSPS) is 12.6. The summed E-state index contributed by atoms with van der Waals surface area (Å²) in [6.07, 6.45) is -1.60. The molecule has 0 saturated carbocycles. The number of rotatable bonds is 6. The van der Waals surface area contributed by atoms with Crippen LogP contribution in [-0.4, -0.2) is 39.7 Å². The van der Waals surface area contributed by atoms with Gasteiger partial charge in [-0.1, -0.05) is 17.7 Å². The Bertz CT molecular complexity index is 1440. The first kappa shape index (κ1) is 25.6. The fourth-order valence-electron chi connectivity index (χ4n) is 3.23. The number of amides is 1. The number of carbonyl (C=O) groups excluding carboxylic acids is 1. The Hall–Kier alpha value is -2.99. The van der Waals surface area contributed by atoms with Crippen molar-refractivity contribution in [1.29, 1.82) is 0 Å². The fourth-order valence-corrected chi connectivity index (χ4v) is 4.68. The molecule has 34 heavy (non-hydrogen) atoms. The predicted octanol–water partition coefficient (Wildman–Crippen LogP) is 3.13. The lowest BCUT2D eigenvalue weighted by Gasteiger charge is -2.14. The Balaban J connectivity index is 2.04. The van der Waals surface area contributed by atoms with Crippen LogP contribution in [0, 0.1) is 12.7 Å². The summed E-state index contributed by atoms with van der Waals surface area (Å²) >= 11 is 6.27. The lowest BCUT2D eigenvalue weighted by molar-refractivity contribution is 0.172. The predicted molar refractivity (Wildman–Crippen MR) is 125 cm³/mol. The van der Waals surface area contributed by atoms with Crippen LogP contribution in [0.4, 0.5) is 9.18 Å². The van der Waals surface area contributed by atoms with Gasteiger partial charge in [0.1, 0.15) is 16.3 Å². The summed E-state index contributed by atoms with van der Waals surface area (Å²) in [6, 6.07) is 6.37. The van der Waals surface area contributed by atoms with Crippen LogP contribution >= 0.6 is 11.6 Å². The maximum Gasteiger partial charge on any atom is 0.414 e. The van der Waals surface area contributed by atoms with E-state index in [4.69, 9.17) is 26.5 Å². The van der Waals surface area contributed by atoms with Gasteiger partial charge < -0.3 is 19.8 Å². The van der Waals surface area contributed by atoms with Crippen molar-refractivity contribution >= 4 is 38.7 Å². The molecule has 3 rings (SSSR count). The highest BCUT2D eigenvalue weighted by molar-refractivity contribution is 7.89. The zero-order valence-electron chi connectivity index (χ0n) is 18.8. The smallest absolute Gasteiger partial charge is 0.414 e. The molecule has 182 valence electrons. The van der Waals surface area contributed by atoms with Gasteiger partial charge in [-0.15, -0.1) is 0 Å². The molecule has 1 atom stereocenters. The molecule has 0 fully saturated rings. The number of nitrogens with zero attached hydrogens (tertiary/aromatic N) is 1. The lowest BCUT2D eigenvalue weighted by Crippen LogP contribution is -2.39. The summed E-state index contributed by atoms with van der Waals surface area (Å²) in [7, 11) is -1.19. The minimum atomic E-state index is -4.20. The van der Waals surface area contributed by atoms with Crippen molar-refractivity contribution in [1.82, 2.24) is 9.62 Å². The molecule has 1 amide bonds. The van der Waals surface area contributed by atoms with Crippen LogP contribution in [0.3, 0.4) is 0 Å². The third kappa shape index (κ3) is 5.39. The van der Waals surface area contributed by atoms with E-state index in [2.05, 4.69) is 4.72 Å². The molecule has 1 heterocycles. The van der Waals surface area contributed by atoms with Crippen molar-refractivity contribution in [2.45, 2.75) is 31.3 Å². The molecule has 0 radical (unpaired) electrons. The number of sulfonamides is 1. The highest BCUT2D eigenvalue weighted by Crippen LogP contribution is 2.32. The van der Waals surface area contributed by atoms with Gasteiger partial charge in [0.15, 0.2) is 5.75 Å². The zero-order valence-corrected chi connectivity index (χ0v) is 20.4. The Kier molecular flexibility index (Phi) is 7.32. The van der Waals surface area contributed by atoms with Crippen LogP contribution in [0.25, 0.3) is 11.0 Å². The second kappa shape index (κ2) is 9.71. The number of hydrogen-bond acceptors (Lipinski definition) is 7. The van der Waals surface area contributed by atoms with E-state index >= 15 is 0 Å². The van der Waals surface area contributed by atoms with Gasteiger partial charge in [-0.25, -0.2) is 22.4 Å². The summed E-state index contributed by atoms with van der Waals surface area (Å²) < 4.78 is 51.8. The van der Waals surface area contributed by atoms with Crippen molar-refractivity contribution in [3.63, 3.8) is 0 Å². The van der Waals surface area contributed by atoms with Gasteiger partial charge in [-0.2, -0.15) is 4.72 Å². The second-order valence-corrected chi connectivity index (χ2v) is 9.98. The number of nitrogens with two attached hydrogens (primary N) is 1. The first-order chi connectivity index (χ1) is 15.8. The van der Waals surface area contributed by atoms with E-state index in [1.165, 1.54) is 44.1 Å². The maximum absolute atomic E-state index is 14.3. The SMILES string of the molecule is Cc1c(Cc2ccc(F)c(S(=O)(=O)NC(C)N)c2)c(=O)oc2cc(OC(=O)N(C)C)c(Cl)cc12. The largest absolute Gasteiger partial charge is 0.422 e. The fraction of sp³-hybridized carbons (Fsp3) is 0.273. The Morgan fingerprint density at radius 1 is 1.29 bits per heavy atom. The monoisotopic (exact) mass is 511 g/mol. The summed E-state index contributed by atoms with van der Waals surface area (Å²) in [4.78, 5) is 25.2. The number of aryl methyl sites for hydroxylation is 1. The molecule has 0 spiro atoms. The van der Waals surface area contributed by atoms with Gasteiger partial charge in [0.2, 0.25) is 10.0 Å². The van der Waals surface area contributed by atoms with Crippen molar-refractivity contribution in [3.8, 4) is 5.75 Å².